The monoisotopic (exact) mass is 574 g/mol. The van der Waals surface area contributed by atoms with Crippen molar-refractivity contribution in [2.75, 3.05) is 26.4 Å². The van der Waals surface area contributed by atoms with Gasteiger partial charge >= 0.3 is 20.8 Å². The quantitative estimate of drug-likeness (QED) is 0.115. The minimum atomic E-state index is -4.36. The standard InChI is InChI=1S/C24H34N2O10S2/c27-37(28,29)35-19-7-3-1-5-17-33-23-13-9-21(10-14-23)25-26-22-11-15-24(16-12-22)34-18-6-2-4-8-20-36-38(30,31)32/h9-16H,1-8,17-20H2,(H,27,28,29)(H,30,31,32). The highest BCUT2D eigenvalue weighted by atomic mass is 32.3. The third-order valence-electron chi connectivity index (χ3n) is 5.03. The summed E-state index contributed by atoms with van der Waals surface area (Å²) in [6, 6.07) is 14.5. The zero-order valence-electron chi connectivity index (χ0n) is 21.0. The van der Waals surface area contributed by atoms with Crippen LogP contribution in [0.25, 0.3) is 0 Å². The van der Waals surface area contributed by atoms with Gasteiger partial charge in [0.2, 0.25) is 0 Å². The number of ether oxygens (including phenoxy) is 2. The molecule has 0 fully saturated rings. The van der Waals surface area contributed by atoms with Gasteiger partial charge in [-0.1, -0.05) is 12.8 Å². The van der Waals surface area contributed by atoms with Gasteiger partial charge in [-0.25, -0.2) is 8.37 Å². The van der Waals surface area contributed by atoms with Crippen LogP contribution in [0.5, 0.6) is 11.5 Å². The Morgan fingerprint density at radius 2 is 0.816 bits per heavy atom. The normalized spacial score (nSPS) is 12.2. The lowest BCUT2D eigenvalue weighted by Gasteiger charge is -2.06. The summed E-state index contributed by atoms with van der Waals surface area (Å²) in [5.74, 6) is 1.43. The van der Waals surface area contributed by atoms with E-state index in [1.807, 2.05) is 24.3 Å². The smallest absolute Gasteiger partial charge is 0.397 e. The van der Waals surface area contributed by atoms with E-state index in [0.29, 0.717) is 48.9 Å². The van der Waals surface area contributed by atoms with Crippen LogP contribution in [0.1, 0.15) is 51.4 Å². The van der Waals surface area contributed by atoms with Crippen LogP contribution in [0, 0.1) is 0 Å². The highest BCUT2D eigenvalue weighted by molar-refractivity contribution is 7.81. The highest BCUT2D eigenvalue weighted by Gasteiger charge is 2.04. The molecular formula is C24H34N2O10S2. The van der Waals surface area contributed by atoms with Crippen molar-refractivity contribution in [3.05, 3.63) is 48.5 Å². The molecule has 14 heteroatoms. The first-order chi connectivity index (χ1) is 18.1. The Hall–Kier alpha value is -2.62. The second-order valence-corrected chi connectivity index (χ2v) is 10.4. The van der Waals surface area contributed by atoms with Crippen LogP contribution < -0.4 is 9.47 Å². The highest BCUT2D eigenvalue weighted by Crippen LogP contribution is 2.23. The van der Waals surface area contributed by atoms with Crippen molar-refractivity contribution >= 4 is 32.2 Å². The molecule has 2 aromatic carbocycles. The summed E-state index contributed by atoms with van der Waals surface area (Å²) in [4.78, 5) is 0. The Morgan fingerprint density at radius 3 is 1.13 bits per heavy atom. The Kier molecular flexibility index (Phi) is 14.2. The van der Waals surface area contributed by atoms with Gasteiger partial charge in [0.15, 0.2) is 0 Å². The third kappa shape index (κ3) is 16.3. The van der Waals surface area contributed by atoms with Crippen molar-refractivity contribution in [2.24, 2.45) is 10.2 Å². The van der Waals surface area contributed by atoms with E-state index in [9.17, 15) is 16.8 Å². The molecule has 38 heavy (non-hydrogen) atoms. The van der Waals surface area contributed by atoms with E-state index in [1.54, 1.807) is 24.3 Å². The van der Waals surface area contributed by atoms with E-state index >= 15 is 0 Å². The number of unbranched alkanes of at least 4 members (excludes halogenated alkanes) is 6. The molecule has 0 aliphatic carbocycles. The molecule has 0 unspecified atom stereocenters. The molecule has 2 N–H and O–H groups in total. The van der Waals surface area contributed by atoms with Gasteiger partial charge in [-0.15, -0.1) is 0 Å². The van der Waals surface area contributed by atoms with E-state index in [4.69, 9.17) is 18.6 Å². The molecule has 0 amide bonds. The van der Waals surface area contributed by atoms with Gasteiger partial charge in [-0.2, -0.15) is 27.1 Å². The molecule has 0 atom stereocenters. The van der Waals surface area contributed by atoms with Crippen molar-refractivity contribution < 1.29 is 43.8 Å². The van der Waals surface area contributed by atoms with Gasteiger partial charge in [-0.05, 0) is 87.1 Å². The van der Waals surface area contributed by atoms with E-state index < -0.39 is 20.8 Å². The summed E-state index contributed by atoms with van der Waals surface area (Å²) in [6.45, 7) is 0.997. The molecule has 0 saturated heterocycles. The SMILES string of the molecule is O=S(=O)(O)OCCCCCCOc1ccc(N=Nc2ccc(OCCCCCCOS(=O)(=O)O)cc2)cc1. The second-order valence-electron chi connectivity index (χ2n) is 8.21. The van der Waals surface area contributed by atoms with Crippen LogP contribution in [0.3, 0.4) is 0 Å². The van der Waals surface area contributed by atoms with E-state index in [1.165, 1.54) is 0 Å². The van der Waals surface area contributed by atoms with Crippen LogP contribution in [-0.4, -0.2) is 52.4 Å². The zero-order chi connectivity index (χ0) is 27.7. The molecule has 2 rings (SSSR count). The Balaban J connectivity index is 1.58. The number of rotatable bonds is 20. The van der Waals surface area contributed by atoms with Crippen molar-refractivity contribution in [3.63, 3.8) is 0 Å². The molecule has 0 heterocycles. The van der Waals surface area contributed by atoms with E-state index in [2.05, 4.69) is 18.6 Å². The molecule has 0 aromatic heterocycles. The molecule has 0 saturated carbocycles. The Morgan fingerprint density at radius 1 is 0.500 bits per heavy atom. The minimum absolute atomic E-state index is 0.0299. The van der Waals surface area contributed by atoms with Gasteiger partial charge in [0.25, 0.3) is 0 Å². The average Bonchev–Trinajstić information content (AvgIpc) is 2.86. The molecule has 0 radical (unpaired) electrons. The predicted octanol–water partition coefficient (Wildman–Crippen LogP) is 5.62. The fraction of sp³-hybridized carbons (Fsp3) is 0.500. The topological polar surface area (TPSA) is 170 Å². The van der Waals surface area contributed by atoms with Gasteiger partial charge in [0.1, 0.15) is 11.5 Å². The summed E-state index contributed by atoms with van der Waals surface area (Å²) < 4.78 is 78.6. The molecule has 212 valence electrons. The van der Waals surface area contributed by atoms with Crippen molar-refractivity contribution in [2.45, 2.75) is 51.4 Å². The molecule has 0 bridgehead atoms. The molecule has 12 nitrogen and oxygen atoms in total. The Bertz CT molecular complexity index is 1080. The van der Waals surface area contributed by atoms with Crippen LogP contribution in [0.2, 0.25) is 0 Å². The maximum Gasteiger partial charge on any atom is 0.397 e. The summed E-state index contributed by atoms with van der Waals surface area (Å²) in [6.07, 6.45) is 5.93. The van der Waals surface area contributed by atoms with Crippen LogP contribution in [-0.2, 0) is 29.2 Å². The number of hydrogen-bond acceptors (Lipinski definition) is 10. The van der Waals surface area contributed by atoms with Crippen molar-refractivity contribution in [1.29, 1.82) is 0 Å². The van der Waals surface area contributed by atoms with Crippen LogP contribution in [0.15, 0.2) is 58.8 Å². The number of benzene rings is 2. The van der Waals surface area contributed by atoms with Crippen molar-refractivity contribution in [3.8, 4) is 11.5 Å². The number of nitrogens with zero attached hydrogens (tertiary/aromatic N) is 2. The first-order valence-corrected chi connectivity index (χ1v) is 14.9. The maximum atomic E-state index is 10.4. The van der Waals surface area contributed by atoms with Gasteiger partial charge in [0.05, 0.1) is 37.8 Å². The summed E-state index contributed by atoms with van der Waals surface area (Å²) in [7, 11) is -8.71. The molecule has 0 aliphatic rings. The summed E-state index contributed by atoms with van der Waals surface area (Å²) >= 11 is 0. The lowest BCUT2D eigenvalue weighted by Crippen LogP contribution is -2.05. The maximum absolute atomic E-state index is 10.4. The summed E-state index contributed by atoms with van der Waals surface area (Å²) in [5.41, 5.74) is 1.36. The predicted molar refractivity (Wildman–Crippen MR) is 140 cm³/mol. The Labute approximate surface area is 223 Å². The van der Waals surface area contributed by atoms with Gasteiger partial charge in [-0.3, -0.25) is 9.11 Å². The molecule has 2 aromatic rings. The lowest BCUT2D eigenvalue weighted by atomic mass is 10.2. The number of hydrogen-bond donors (Lipinski definition) is 2. The van der Waals surface area contributed by atoms with Crippen LogP contribution >= 0.6 is 0 Å². The average molecular weight is 575 g/mol. The molecule has 0 aliphatic heterocycles. The third-order valence-corrected chi connectivity index (χ3v) is 5.96. The largest absolute Gasteiger partial charge is 0.494 e. The molecule has 0 spiro atoms. The van der Waals surface area contributed by atoms with E-state index in [0.717, 1.165) is 38.5 Å². The number of azo groups is 1. The van der Waals surface area contributed by atoms with Crippen LogP contribution in [0.4, 0.5) is 11.4 Å². The second kappa shape index (κ2) is 17.1. The summed E-state index contributed by atoms with van der Waals surface area (Å²) in [5, 5.41) is 8.44. The first kappa shape index (κ1) is 31.6. The lowest BCUT2D eigenvalue weighted by molar-refractivity contribution is 0.257. The fourth-order valence-corrected chi connectivity index (χ4v) is 3.81. The van der Waals surface area contributed by atoms with Gasteiger partial charge < -0.3 is 9.47 Å². The fourth-order valence-electron chi connectivity index (χ4n) is 3.16. The molecular weight excluding hydrogens is 540 g/mol. The first-order valence-electron chi connectivity index (χ1n) is 12.2. The zero-order valence-corrected chi connectivity index (χ0v) is 22.6. The van der Waals surface area contributed by atoms with Gasteiger partial charge in [0, 0.05) is 0 Å². The minimum Gasteiger partial charge on any atom is -0.494 e. The van der Waals surface area contributed by atoms with E-state index in [-0.39, 0.29) is 13.2 Å². The van der Waals surface area contributed by atoms with Crippen molar-refractivity contribution in [1.82, 2.24) is 0 Å².